The molecule has 1 aromatic rings. The molecule has 2 aliphatic heterocycles. The monoisotopic (exact) mass is 418 g/mol. The van der Waals surface area contributed by atoms with Crippen molar-refractivity contribution in [2.45, 2.75) is 58.7 Å². The van der Waals surface area contributed by atoms with Crippen LogP contribution >= 0.6 is 0 Å². The molecule has 1 N–H and O–H groups in total. The lowest BCUT2D eigenvalue weighted by atomic mass is 9.87. The van der Waals surface area contributed by atoms with Crippen molar-refractivity contribution in [3.05, 3.63) is 23.9 Å². The number of hydrogen-bond donors (Lipinski definition) is 1. The third-order valence-corrected chi connectivity index (χ3v) is 5.85. The fourth-order valence-electron chi connectivity index (χ4n) is 4.18. The summed E-state index contributed by atoms with van der Waals surface area (Å²) in [5.41, 5.74) is 0.320. The molecular formula is C22H34N4O4. The number of nitrogens with one attached hydrogen (secondary N) is 1. The topological polar surface area (TPSA) is 84.0 Å². The minimum absolute atomic E-state index is 0.116. The summed E-state index contributed by atoms with van der Waals surface area (Å²) in [7, 11) is 0. The molecule has 2 aliphatic rings. The number of pyridine rings is 1. The molecule has 3 heterocycles. The van der Waals surface area contributed by atoms with Crippen LogP contribution in [0, 0.1) is 5.92 Å². The number of nitrogens with zero attached hydrogens (tertiary/aromatic N) is 3. The molecule has 0 spiro atoms. The first kappa shape index (κ1) is 22.5. The highest BCUT2D eigenvalue weighted by molar-refractivity contribution is 5.89. The second kappa shape index (κ2) is 10.2. The Morgan fingerprint density at radius 2 is 1.90 bits per heavy atom. The molecule has 166 valence electrons. The van der Waals surface area contributed by atoms with Crippen molar-refractivity contribution in [2.75, 3.05) is 32.7 Å². The maximum Gasteiger partial charge on any atom is 0.416 e. The molecule has 0 radical (unpaired) electrons. The minimum Gasteiger partial charge on any atom is -0.459 e. The van der Waals surface area contributed by atoms with Gasteiger partial charge in [-0.1, -0.05) is 0 Å². The van der Waals surface area contributed by atoms with Crippen molar-refractivity contribution in [3.8, 4) is 5.88 Å². The fraction of sp³-hybridized carbons (Fsp3) is 0.682. The van der Waals surface area contributed by atoms with E-state index >= 15 is 0 Å². The standard InChI is InChI=1S/C22H34N4O4/c1-15(2)25-11-12-26(19(14-25)17-5-8-23-9-6-17)22(28)30-20-13-18(7-10-24-20)21(27)29-16(3)4/h7,10,13,15-17,19,23H,5-6,8-9,11-12,14H2,1-4H3. The average molecular weight is 419 g/mol. The highest BCUT2D eigenvalue weighted by atomic mass is 16.6. The van der Waals surface area contributed by atoms with E-state index in [-0.39, 0.29) is 18.0 Å². The fourth-order valence-corrected chi connectivity index (χ4v) is 4.18. The van der Waals surface area contributed by atoms with Gasteiger partial charge in [-0.05, 0) is 65.6 Å². The van der Waals surface area contributed by atoms with Crippen LogP contribution in [0.4, 0.5) is 4.79 Å². The Hall–Kier alpha value is -2.19. The highest BCUT2D eigenvalue weighted by Crippen LogP contribution is 2.26. The van der Waals surface area contributed by atoms with E-state index in [2.05, 4.69) is 29.0 Å². The van der Waals surface area contributed by atoms with Crippen LogP contribution in [0.2, 0.25) is 0 Å². The number of amides is 1. The Kier molecular flexibility index (Phi) is 7.66. The molecule has 1 unspecified atom stereocenters. The zero-order valence-corrected chi connectivity index (χ0v) is 18.5. The van der Waals surface area contributed by atoms with E-state index in [1.807, 2.05) is 4.90 Å². The van der Waals surface area contributed by atoms with E-state index in [4.69, 9.17) is 9.47 Å². The van der Waals surface area contributed by atoms with Gasteiger partial charge in [0.2, 0.25) is 5.88 Å². The number of ether oxygens (including phenoxy) is 2. The molecule has 1 amide bonds. The second-order valence-corrected chi connectivity index (χ2v) is 8.64. The van der Waals surface area contributed by atoms with Gasteiger partial charge in [-0.15, -0.1) is 0 Å². The average Bonchev–Trinajstić information content (AvgIpc) is 2.73. The van der Waals surface area contributed by atoms with Gasteiger partial charge in [-0.3, -0.25) is 4.90 Å². The van der Waals surface area contributed by atoms with Crippen LogP contribution in [0.25, 0.3) is 0 Å². The maximum atomic E-state index is 13.1. The Bertz CT molecular complexity index is 734. The number of aromatic nitrogens is 1. The van der Waals surface area contributed by atoms with Gasteiger partial charge in [0.05, 0.1) is 17.7 Å². The number of piperidine rings is 1. The molecule has 0 aliphatic carbocycles. The molecule has 3 rings (SSSR count). The van der Waals surface area contributed by atoms with E-state index in [1.54, 1.807) is 19.9 Å². The van der Waals surface area contributed by atoms with Gasteiger partial charge in [-0.2, -0.15) is 0 Å². The minimum atomic E-state index is -0.456. The van der Waals surface area contributed by atoms with Crippen LogP contribution < -0.4 is 10.1 Å². The first-order valence-electron chi connectivity index (χ1n) is 11.0. The zero-order valence-electron chi connectivity index (χ0n) is 18.5. The Labute approximate surface area is 178 Å². The summed E-state index contributed by atoms with van der Waals surface area (Å²) < 4.78 is 10.8. The summed E-state index contributed by atoms with van der Waals surface area (Å²) in [6.07, 6.45) is 2.94. The van der Waals surface area contributed by atoms with Crippen molar-refractivity contribution in [1.29, 1.82) is 0 Å². The second-order valence-electron chi connectivity index (χ2n) is 8.64. The molecule has 0 bridgehead atoms. The van der Waals surface area contributed by atoms with Gasteiger partial charge in [0, 0.05) is 37.9 Å². The summed E-state index contributed by atoms with van der Waals surface area (Å²) in [5, 5.41) is 3.40. The quantitative estimate of drug-likeness (QED) is 0.736. The van der Waals surface area contributed by atoms with Crippen LogP contribution in [0.15, 0.2) is 18.3 Å². The third kappa shape index (κ3) is 5.70. The predicted molar refractivity (Wildman–Crippen MR) is 114 cm³/mol. The molecule has 8 nitrogen and oxygen atoms in total. The van der Waals surface area contributed by atoms with Crippen molar-refractivity contribution < 1.29 is 19.1 Å². The summed E-state index contributed by atoms with van der Waals surface area (Å²) in [6.45, 7) is 12.2. The van der Waals surface area contributed by atoms with Crippen LogP contribution in [-0.4, -0.2) is 77.8 Å². The summed E-state index contributed by atoms with van der Waals surface area (Å²) in [6, 6.07) is 3.58. The van der Waals surface area contributed by atoms with Gasteiger partial charge >= 0.3 is 12.1 Å². The molecule has 2 saturated heterocycles. The number of carbonyl (C=O) groups is 2. The van der Waals surface area contributed by atoms with Gasteiger partial charge in [0.1, 0.15) is 0 Å². The van der Waals surface area contributed by atoms with E-state index in [0.29, 0.717) is 24.1 Å². The van der Waals surface area contributed by atoms with E-state index in [1.165, 1.54) is 12.3 Å². The molecule has 0 saturated carbocycles. The van der Waals surface area contributed by atoms with Crippen LogP contribution in [0.5, 0.6) is 5.88 Å². The molecule has 2 fully saturated rings. The lowest BCUT2D eigenvalue weighted by molar-refractivity contribution is 0.0266. The SMILES string of the molecule is CC(C)OC(=O)c1ccnc(OC(=O)N2CCN(C(C)C)CC2C2CCNCC2)c1. The smallest absolute Gasteiger partial charge is 0.416 e. The van der Waals surface area contributed by atoms with E-state index in [9.17, 15) is 9.59 Å². The highest BCUT2D eigenvalue weighted by Gasteiger charge is 2.38. The number of rotatable bonds is 5. The van der Waals surface area contributed by atoms with Gasteiger partial charge in [0.25, 0.3) is 0 Å². The first-order valence-corrected chi connectivity index (χ1v) is 11.0. The zero-order chi connectivity index (χ0) is 21.7. The molecular weight excluding hydrogens is 384 g/mol. The summed E-state index contributed by atoms with van der Waals surface area (Å²) >= 11 is 0. The first-order chi connectivity index (χ1) is 14.3. The Balaban J connectivity index is 1.71. The maximum absolute atomic E-state index is 13.1. The van der Waals surface area contributed by atoms with Gasteiger partial charge < -0.3 is 19.7 Å². The Morgan fingerprint density at radius 3 is 2.57 bits per heavy atom. The lowest BCUT2D eigenvalue weighted by Crippen LogP contribution is -2.60. The van der Waals surface area contributed by atoms with Crippen LogP contribution in [-0.2, 0) is 4.74 Å². The number of piperazine rings is 1. The Morgan fingerprint density at radius 1 is 1.17 bits per heavy atom. The van der Waals surface area contributed by atoms with Crippen molar-refractivity contribution in [1.82, 2.24) is 20.1 Å². The van der Waals surface area contributed by atoms with Gasteiger partial charge in [0.15, 0.2) is 0 Å². The molecule has 30 heavy (non-hydrogen) atoms. The summed E-state index contributed by atoms with van der Waals surface area (Å²) in [5.74, 6) is 0.108. The van der Waals surface area contributed by atoms with E-state index in [0.717, 1.165) is 39.0 Å². The number of carbonyl (C=O) groups excluding carboxylic acids is 2. The van der Waals surface area contributed by atoms with Crippen molar-refractivity contribution >= 4 is 12.1 Å². The lowest BCUT2D eigenvalue weighted by Gasteiger charge is -2.46. The molecule has 8 heteroatoms. The largest absolute Gasteiger partial charge is 0.459 e. The van der Waals surface area contributed by atoms with Crippen molar-refractivity contribution in [2.24, 2.45) is 5.92 Å². The van der Waals surface area contributed by atoms with Crippen LogP contribution in [0.3, 0.4) is 0 Å². The van der Waals surface area contributed by atoms with Crippen LogP contribution in [0.1, 0.15) is 50.9 Å². The normalized spacial score (nSPS) is 21.1. The summed E-state index contributed by atoms with van der Waals surface area (Å²) in [4.78, 5) is 33.6. The molecule has 1 aromatic heterocycles. The molecule has 0 aromatic carbocycles. The van der Waals surface area contributed by atoms with E-state index < -0.39 is 12.1 Å². The number of hydrogen-bond acceptors (Lipinski definition) is 7. The third-order valence-electron chi connectivity index (χ3n) is 5.85. The van der Waals surface area contributed by atoms with Gasteiger partial charge in [-0.25, -0.2) is 14.6 Å². The molecule has 1 atom stereocenters. The number of esters is 1. The predicted octanol–water partition coefficient (Wildman–Crippen LogP) is 2.54. The van der Waals surface area contributed by atoms with Crippen molar-refractivity contribution in [3.63, 3.8) is 0 Å².